The quantitative estimate of drug-likeness (QED) is 0.885. The molecule has 1 atom stereocenters. The van der Waals surface area contributed by atoms with Crippen molar-refractivity contribution in [2.45, 2.75) is 32.0 Å². The molecule has 0 saturated carbocycles. The molecule has 2 fully saturated rings. The number of nitrogens with zero attached hydrogens (tertiary/aromatic N) is 1. The van der Waals surface area contributed by atoms with Crippen LogP contribution in [0.15, 0.2) is 12.1 Å². The van der Waals surface area contributed by atoms with Gasteiger partial charge >= 0.3 is 0 Å². The molecule has 1 N–H and O–H groups in total. The average Bonchev–Trinajstić information content (AvgIpc) is 2.96. The van der Waals surface area contributed by atoms with E-state index < -0.39 is 0 Å². The Kier molecular flexibility index (Phi) is 3.37. The predicted octanol–water partition coefficient (Wildman–Crippen LogP) is 1.67. The van der Waals surface area contributed by atoms with Crippen LogP contribution in [0.2, 0.25) is 0 Å². The van der Waals surface area contributed by atoms with E-state index in [1.807, 2.05) is 4.90 Å². The summed E-state index contributed by atoms with van der Waals surface area (Å²) in [7, 11) is 0. The molecule has 0 radical (unpaired) electrons. The lowest BCUT2D eigenvalue weighted by atomic mass is 10.1. The van der Waals surface area contributed by atoms with Gasteiger partial charge in [-0.2, -0.15) is 0 Å². The van der Waals surface area contributed by atoms with Gasteiger partial charge in [-0.25, -0.2) is 0 Å². The van der Waals surface area contributed by atoms with Crippen LogP contribution in [0.5, 0.6) is 0 Å². The molecule has 0 aliphatic carbocycles. The second-order valence-corrected chi connectivity index (χ2v) is 6.20. The molecule has 5 heteroatoms. The first-order valence-electron chi connectivity index (χ1n) is 6.44. The second-order valence-electron chi connectivity index (χ2n) is 4.88. The maximum atomic E-state index is 12.1. The number of ether oxygens (including phenoxy) is 1. The summed E-state index contributed by atoms with van der Waals surface area (Å²) in [6.45, 7) is 4.10. The van der Waals surface area contributed by atoms with Gasteiger partial charge < -0.3 is 9.64 Å². The summed E-state index contributed by atoms with van der Waals surface area (Å²) in [6, 6.07) is 4.57. The van der Waals surface area contributed by atoms with E-state index in [1.54, 1.807) is 11.3 Å². The van der Waals surface area contributed by atoms with E-state index in [4.69, 9.17) is 4.74 Å². The number of aryl methyl sites for hydroxylation is 1. The number of nitrogens with one attached hydrogen (secondary N) is 1. The fourth-order valence-corrected chi connectivity index (χ4v) is 3.69. The lowest BCUT2D eigenvalue weighted by Gasteiger charge is -2.34. The molecule has 0 aromatic carbocycles. The Balaban J connectivity index is 1.82. The summed E-state index contributed by atoms with van der Waals surface area (Å²) >= 11 is 1.77. The van der Waals surface area contributed by atoms with Gasteiger partial charge in [-0.3, -0.25) is 10.1 Å². The maximum absolute atomic E-state index is 12.1. The number of carbonyl (C=O) groups is 1. The molecule has 1 aromatic heterocycles. The number of thiophene rings is 1. The Bertz CT molecular complexity index is 440. The highest BCUT2D eigenvalue weighted by atomic mass is 32.1. The number of hydrogen-bond donors (Lipinski definition) is 1. The molecule has 1 aromatic rings. The van der Waals surface area contributed by atoms with Crippen LogP contribution in [-0.2, 0) is 9.53 Å². The third-order valence-electron chi connectivity index (χ3n) is 3.63. The molecule has 2 aliphatic rings. The largest absolute Gasteiger partial charge is 0.381 e. The van der Waals surface area contributed by atoms with Crippen molar-refractivity contribution < 1.29 is 9.53 Å². The first-order valence-corrected chi connectivity index (χ1v) is 7.26. The van der Waals surface area contributed by atoms with E-state index in [9.17, 15) is 4.79 Å². The summed E-state index contributed by atoms with van der Waals surface area (Å²) in [4.78, 5) is 16.7. The van der Waals surface area contributed by atoms with Crippen LogP contribution in [0.25, 0.3) is 0 Å². The number of amides is 1. The summed E-state index contributed by atoms with van der Waals surface area (Å²) in [5.74, 6) is 0.220. The first-order chi connectivity index (χ1) is 8.75. The molecular formula is C13H18N2O2S. The van der Waals surface area contributed by atoms with E-state index in [2.05, 4.69) is 24.4 Å². The Hall–Kier alpha value is -0.910. The summed E-state index contributed by atoms with van der Waals surface area (Å²) in [6.07, 6.45) is 1.97. The van der Waals surface area contributed by atoms with Gasteiger partial charge in [-0.05, 0) is 31.9 Å². The first kappa shape index (κ1) is 12.1. The van der Waals surface area contributed by atoms with E-state index in [0.29, 0.717) is 12.6 Å². The summed E-state index contributed by atoms with van der Waals surface area (Å²) in [5.41, 5.74) is 0. The maximum Gasteiger partial charge on any atom is 0.238 e. The van der Waals surface area contributed by atoms with Crippen molar-refractivity contribution in [3.8, 4) is 0 Å². The van der Waals surface area contributed by atoms with Crippen LogP contribution < -0.4 is 5.32 Å². The Morgan fingerprint density at radius 3 is 2.83 bits per heavy atom. The smallest absolute Gasteiger partial charge is 0.238 e. The summed E-state index contributed by atoms with van der Waals surface area (Å²) in [5, 5.41) is 3.33. The molecule has 2 aliphatic heterocycles. The Morgan fingerprint density at radius 1 is 1.39 bits per heavy atom. The standard InChI is InChI=1S/C13H18N2O2S/c1-9-2-3-11(18-9)13-14-8-12(16)15(13)10-4-6-17-7-5-10/h2-3,10,13-14H,4-8H2,1H3. The van der Waals surface area contributed by atoms with Crippen molar-refractivity contribution in [2.24, 2.45) is 0 Å². The molecule has 1 amide bonds. The van der Waals surface area contributed by atoms with E-state index >= 15 is 0 Å². The lowest BCUT2D eigenvalue weighted by Crippen LogP contribution is -2.42. The van der Waals surface area contributed by atoms with Crippen LogP contribution in [0, 0.1) is 6.92 Å². The fraction of sp³-hybridized carbons (Fsp3) is 0.615. The van der Waals surface area contributed by atoms with Gasteiger partial charge in [-0.1, -0.05) is 0 Å². The third kappa shape index (κ3) is 2.18. The van der Waals surface area contributed by atoms with E-state index in [-0.39, 0.29) is 12.1 Å². The molecule has 3 rings (SSSR count). The number of hydrogen-bond acceptors (Lipinski definition) is 4. The highest BCUT2D eigenvalue weighted by Gasteiger charge is 2.37. The van der Waals surface area contributed by atoms with Gasteiger partial charge in [0.2, 0.25) is 5.91 Å². The molecular weight excluding hydrogens is 248 g/mol. The zero-order chi connectivity index (χ0) is 12.5. The normalized spacial score (nSPS) is 25.9. The van der Waals surface area contributed by atoms with E-state index in [1.165, 1.54) is 9.75 Å². The minimum absolute atomic E-state index is 0.0688. The molecule has 0 spiro atoms. The van der Waals surface area contributed by atoms with Crippen molar-refractivity contribution >= 4 is 17.2 Å². The highest BCUT2D eigenvalue weighted by molar-refractivity contribution is 7.12. The third-order valence-corrected chi connectivity index (χ3v) is 4.68. The van der Waals surface area contributed by atoms with Crippen molar-refractivity contribution in [3.05, 3.63) is 21.9 Å². The van der Waals surface area contributed by atoms with Crippen LogP contribution in [-0.4, -0.2) is 36.6 Å². The molecule has 3 heterocycles. The Morgan fingerprint density at radius 2 is 2.17 bits per heavy atom. The van der Waals surface area contributed by atoms with Gasteiger partial charge in [0.1, 0.15) is 6.17 Å². The number of carbonyl (C=O) groups excluding carboxylic acids is 1. The van der Waals surface area contributed by atoms with Crippen molar-refractivity contribution in [3.63, 3.8) is 0 Å². The molecule has 98 valence electrons. The van der Waals surface area contributed by atoms with Crippen LogP contribution in [0.1, 0.15) is 28.8 Å². The van der Waals surface area contributed by atoms with Gasteiger partial charge in [0.25, 0.3) is 0 Å². The van der Waals surface area contributed by atoms with Crippen LogP contribution in [0.3, 0.4) is 0 Å². The SMILES string of the molecule is Cc1ccc(C2NCC(=O)N2C2CCOCC2)s1. The average molecular weight is 266 g/mol. The van der Waals surface area contributed by atoms with E-state index in [0.717, 1.165) is 26.1 Å². The molecule has 18 heavy (non-hydrogen) atoms. The molecule has 2 saturated heterocycles. The number of rotatable bonds is 2. The van der Waals surface area contributed by atoms with Crippen molar-refractivity contribution in [1.29, 1.82) is 0 Å². The minimum atomic E-state index is 0.0688. The van der Waals surface area contributed by atoms with Crippen molar-refractivity contribution in [1.82, 2.24) is 10.2 Å². The second kappa shape index (κ2) is 4.99. The molecule has 1 unspecified atom stereocenters. The van der Waals surface area contributed by atoms with Gasteiger partial charge in [0, 0.05) is 29.0 Å². The van der Waals surface area contributed by atoms with Crippen molar-refractivity contribution in [2.75, 3.05) is 19.8 Å². The highest BCUT2D eigenvalue weighted by Crippen LogP contribution is 2.32. The van der Waals surface area contributed by atoms with Crippen LogP contribution in [0.4, 0.5) is 0 Å². The minimum Gasteiger partial charge on any atom is -0.381 e. The topological polar surface area (TPSA) is 41.6 Å². The van der Waals surface area contributed by atoms with Gasteiger partial charge in [0.05, 0.1) is 6.54 Å². The molecule has 4 nitrogen and oxygen atoms in total. The fourth-order valence-electron chi connectivity index (χ4n) is 2.73. The lowest BCUT2D eigenvalue weighted by molar-refractivity contribution is -0.132. The zero-order valence-electron chi connectivity index (χ0n) is 10.5. The predicted molar refractivity (Wildman–Crippen MR) is 70.5 cm³/mol. The monoisotopic (exact) mass is 266 g/mol. The van der Waals surface area contributed by atoms with Gasteiger partial charge in [-0.15, -0.1) is 11.3 Å². The summed E-state index contributed by atoms with van der Waals surface area (Å²) < 4.78 is 5.38. The zero-order valence-corrected chi connectivity index (χ0v) is 11.3. The van der Waals surface area contributed by atoms with Crippen LogP contribution >= 0.6 is 11.3 Å². The Labute approximate surface area is 111 Å². The van der Waals surface area contributed by atoms with Gasteiger partial charge in [0.15, 0.2) is 0 Å². The molecule has 0 bridgehead atoms.